The van der Waals surface area contributed by atoms with Gasteiger partial charge in [-0.3, -0.25) is 9.88 Å². The van der Waals surface area contributed by atoms with Gasteiger partial charge in [-0.1, -0.05) is 0 Å². The molecule has 0 aromatic carbocycles. The van der Waals surface area contributed by atoms with Crippen LogP contribution in [0.3, 0.4) is 0 Å². The number of aromatic nitrogens is 3. The Balaban J connectivity index is 1.79. The van der Waals surface area contributed by atoms with E-state index in [1.54, 1.807) is 12.4 Å². The molecule has 0 saturated carbocycles. The molecule has 0 radical (unpaired) electrons. The first kappa shape index (κ1) is 15.1. The van der Waals surface area contributed by atoms with Gasteiger partial charge in [-0.25, -0.2) is 18.4 Å². The predicted molar refractivity (Wildman–Crippen MR) is 81.9 cm³/mol. The fourth-order valence-electron chi connectivity index (χ4n) is 2.57. The Kier molecular flexibility index (Phi) is 3.92. The molecule has 0 atom stereocenters. The minimum Gasteiger partial charge on any atom is -0.294 e. The second-order valence-corrected chi connectivity index (χ2v) is 7.57. The molecule has 3 heterocycles. The van der Waals surface area contributed by atoms with Crippen molar-refractivity contribution in [3.05, 3.63) is 47.0 Å². The lowest BCUT2D eigenvalue weighted by molar-refractivity contribution is 0.241. The quantitative estimate of drug-likeness (QED) is 0.790. The van der Waals surface area contributed by atoms with E-state index >= 15 is 0 Å². The van der Waals surface area contributed by atoms with Gasteiger partial charge in [0.1, 0.15) is 0 Å². The molecule has 6 nitrogen and oxygen atoms in total. The van der Waals surface area contributed by atoms with Crippen molar-refractivity contribution in [3.63, 3.8) is 0 Å². The molecular formula is C15H18N4O2S. The van der Waals surface area contributed by atoms with Gasteiger partial charge in [0, 0.05) is 56.5 Å². The second-order valence-electron chi connectivity index (χ2n) is 5.66. The summed E-state index contributed by atoms with van der Waals surface area (Å²) in [6.45, 7) is 4.48. The fourth-order valence-corrected chi connectivity index (χ4v) is 3.09. The number of rotatable bonds is 3. The summed E-state index contributed by atoms with van der Waals surface area (Å²) in [5.74, 6) is 0. The first-order valence-electron chi connectivity index (χ1n) is 7.10. The molecule has 0 aliphatic carbocycles. The highest BCUT2D eigenvalue weighted by Gasteiger charge is 2.21. The Morgan fingerprint density at radius 1 is 1.32 bits per heavy atom. The highest BCUT2D eigenvalue weighted by Crippen LogP contribution is 2.20. The molecule has 0 unspecified atom stereocenters. The highest BCUT2D eigenvalue weighted by molar-refractivity contribution is 7.90. The van der Waals surface area contributed by atoms with Gasteiger partial charge in [0.15, 0.2) is 0 Å². The summed E-state index contributed by atoms with van der Waals surface area (Å²) in [5, 5.41) is -0.0807. The van der Waals surface area contributed by atoms with Gasteiger partial charge in [0.05, 0.1) is 5.69 Å². The van der Waals surface area contributed by atoms with Crippen molar-refractivity contribution in [2.75, 3.05) is 12.8 Å². The van der Waals surface area contributed by atoms with Crippen molar-refractivity contribution in [2.24, 2.45) is 0 Å². The van der Waals surface area contributed by atoms with Crippen molar-refractivity contribution in [1.29, 1.82) is 0 Å². The van der Waals surface area contributed by atoms with Crippen LogP contribution in [0.1, 0.15) is 22.4 Å². The van der Waals surface area contributed by atoms with E-state index in [0.717, 1.165) is 43.6 Å². The Morgan fingerprint density at radius 3 is 2.86 bits per heavy atom. The summed E-state index contributed by atoms with van der Waals surface area (Å²) in [4.78, 5) is 14.7. The summed E-state index contributed by atoms with van der Waals surface area (Å²) in [6, 6.07) is 2.01. The Morgan fingerprint density at radius 2 is 2.14 bits per heavy atom. The van der Waals surface area contributed by atoms with Crippen LogP contribution in [0.2, 0.25) is 0 Å². The number of nitrogens with zero attached hydrogens (tertiary/aromatic N) is 4. The maximum Gasteiger partial charge on any atom is 0.246 e. The van der Waals surface area contributed by atoms with Gasteiger partial charge < -0.3 is 0 Å². The number of fused-ring (bicyclic) bond motifs is 1. The Bertz CT molecular complexity index is 805. The summed E-state index contributed by atoms with van der Waals surface area (Å²) < 4.78 is 23.0. The van der Waals surface area contributed by atoms with Crippen molar-refractivity contribution in [1.82, 2.24) is 19.9 Å². The maximum absolute atomic E-state index is 11.5. The normalized spacial score (nSPS) is 15.5. The van der Waals surface area contributed by atoms with Gasteiger partial charge in [0.25, 0.3) is 0 Å². The monoisotopic (exact) mass is 318 g/mol. The standard InChI is InChI=1S/C15H18N4O2S/c1-11-3-5-16-7-12(11)9-19-6-4-14-13(10-19)8-17-15(18-14)22(2,20)21/h3,5,7-8H,4,6,9-10H2,1-2H3. The van der Waals surface area contributed by atoms with Crippen LogP contribution >= 0.6 is 0 Å². The molecule has 116 valence electrons. The molecule has 3 rings (SSSR count). The number of hydrogen-bond donors (Lipinski definition) is 0. The fraction of sp³-hybridized carbons (Fsp3) is 0.400. The van der Waals surface area contributed by atoms with E-state index in [1.807, 2.05) is 12.3 Å². The van der Waals surface area contributed by atoms with Crippen molar-refractivity contribution < 1.29 is 8.42 Å². The molecule has 2 aromatic heterocycles. The minimum atomic E-state index is -3.35. The zero-order valence-electron chi connectivity index (χ0n) is 12.7. The van der Waals surface area contributed by atoms with Crippen LogP contribution in [0, 0.1) is 6.92 Å². The number of hydrogen-bond acceptors (Lipinski definition) is 6. The molecule has 0 amide bonds. The average Bonchev–Trinajstić information content (AvgIpc) is 2.48. The van der Waals surface area contributed by atoms with Gasteiger partial charge in [-0.15, -0.1) is 0 Å². The first-order valence-corrected chi connectivity index (χ1v) is 8.99. The largest absolute Gasteiger partial charge is 0.294 e. The molecule has 1 aliphatic heterocycles. The summed E-state index contributed by atoms with van der Waals surface area (Å²) >= 11 is 0. The van der Waals surface area contributed by atoms with Crippen molar-refractivity contribution in [2.45, 2.75) is 31.6 Å². The summed E-state index contributed by atoms with van der Waals surface area (Å²) in [7, 11) is -3.35. The minimum absolute atomic E-state index is 0.0807. The van der Waals surface area contributed by atoms with Gasteiger partial charge in [-0.05, 0) is 24.1 Å². The van der Waals surface area contributed by atoms with E-state index in [1.165, 1.54) is 11.1 Å². The lowest BCUT2D eigenvalue weighted by Gasteiger charge is -2.28. The Labute approximate surface area is 130 Å². The van der Waals surface area contributed by atoms with Gasteiger partial charge >= 0.3 is 0 Å². The van der Waals surface area contributed by atoms with E-state index in [-0.39, 0.29) is 5.16 Å². The van der Waals surface area contributed by atoms with E-state index in [2.05, 4.69) is 26.8 Å². The summed E-state index contributed by atoms with van der Waals surface area (Å²) in [6.07, 6.45) is 7.20. The number of pyridine rings is 1. The lowest BCUT2D eigenvalue weighted by atomic mass is 10.1. The summed E-state index contributed by atoms with van der Waals surface area (Å²) in [5.41, 5.74) is 4.28. The molecule has 2 aromatic rings. The van der Waals surface area contributed by atoms with E-state index in [4.69, 9.17) is 0 Å². The molecule has 0 spiro atoms. The van der Waals surface area contributed by atoms with Crippen LogP contribution < -0.4 is 0 Å². The molecular weight excluding hydrogens is 300 g/mol. The van der Waals surface area contributed by atoms with Gasteiger partial charge in [-0.2, -0.15) is 0 Å². The lowest BCUT2D eigenvalue weighted by Crippen LogP contribution is -2.31. The van der Waals surface area contributed by atoms with E-state index in [9.17, 15) is 8.42 Å². The molecule has 0 N–H and O–H groups in total. The van der Waals surface area contributed by atoms with Crippen molar-refractivity contribution >= 4 is 9.84 Å². The smallest absolute Gasteiger partial charge is 0.246 e. The van der Waals surface area contributed by atoms with Gasteiger partial charge in [0.2, 0.25) is 15.0 Å². The average molecular weight is 318 g/mol. The van der Waals surface area contributed by atoms with E-state index in [0.29, 0.717) is 0 Å². The zero-order chi connectivity index (χ0) is 15.7. The third kappa shape index (κ3) is 3.15. The second kappa shape index (κ2) is 5.73. The zero-order valence-corrected chi connectivity index (χ0v) is 13.5. The predicted octanol–water partition coefficient (Wildman–Crippen LogP) is 1.14. The molecule has 1 aliphatic rings. The van der Waals surface area contributed by atoms with Crippen LogP contribution in [0.15, 0.2) is 29.8 Å². The highest BCUT2D eigenvalue weighted by atomic mass is 32.2. The van der Waals surface area contributed by atoms with Crippen LogP contribution in [0.5, 0.6) is 0 Å². The SMILES string of the molecule is Cc1ccncc1CN1CCc2nc(S(C)(=O)=O)ncc2C1. The third-order valence-electron chi connectivity index (χ3n) is 3.86. The first-order chi connectivity index (χ1) is 10.4. The molecule has 7 heteroatoms. The molecule has 0 saturated heterocycles. The molecule has 0 bridgehead atoms. The van der Waals surface area contributed by atoms with Crippen LogP contribution in [-0.4, -0.2) is 41.1 Å². The maximum atomic E-state index is 11.5. The Hall–Kier alpha value is -1.86. The van der Waals surface area contributed by atoms with E-state index < -0.39 is 9.84 Å². The molecule has 0 fully saturated rings. The molecule has 22 heavy (non-hydrogen) atoms. The topological polar surface area (TPSA) is 76.1 Å². The number of aryl methyl sites for hydroxylation is 1. The van der Waals surface area contributed by atoms with Crippen LogP contribution in [0.25, 0.3) is 0 Å². The number of sulfone groups is 1. The van der Waals surface area contributed by atoms with Crippen LogP contribution in [-0.2, 0) is 29.3 Å². The van der Waals surface area contributed by atoms with Crippen LogP contribution in [0.4, 0.5) is 0 Å². The third-order valence-corrected chi connectivity index (χ3v) is 4.72. The van der Waals surface area contributed by atoms with Crippen molar-refractivity contribution in [3.8, 4) is 0 Å².